The summed E-state index contributed by atoms with van der Waals surface area (Å²) in [6.45, 7) is 3.30. The predicted molar refractivity (Wildman–Crippen MR) is 75.2 cm³/mol. The minimum atomic E-state index is -4.38. The van der Waals surface area contributed by atoms with Crippen LogP contribution in [0.15, 0.2) is 24.3 Å². The molecule has 4 nitrogen and oxygen atoms in total. The van der Waals surface area contributed by atoms with Crippen molar-refractivity contribution in [3.8, 4) is 0 Å². The van der Waals surface area contributed by atoms with Crippen molar-refractivity contribution in [1.82, 2.24) is 10.0 Å². The van der Waals surface area contributed by atoms with E-state index in [2.05, 4.69) is 10.0 Å². The van der Waals surface area contributed by atoms with Gasteiger partial charge in [-0.1, -0.05) is 19.1 Å². The van der Waals surface area contributed by atoms with Crippen LogP contribution < -0.4 is 10.0 Å². The molecule has 1 aromatic rings. The molecule has 120 valence electrons. The van der Waals surface area contributed by atoms with E-state index in [1.165, 1.54) is 12.1 Å². The van der Waals surface area contributed by atoms with Gasteiger partial charge >= 0.3 is 6.18 Å². The third kappa shape index (κ3) is 6.92. The molecule has 1 aromatic carbocycles. The van der Waals surface area contributed by atoms with E-state index in [4.69, 9.17) is 0 Å². The average Bonchev–Trinajstić information content (AvgIpc) is 2.41. The van der Waals surface area contributed by atoms with Crippen LogP contribution in [-0.2, 0) is 22.7 Å². The average molecular weight is 324 g/mol. The van der Waals surface area contributed by atoms with Crippen LogP contribution in [0.1, 0.15) is 24.5 Å². The minimum absolute atomic E-state index is 0.0122. The van der Waals surface area contributed by atoms with Crippen molar-refractivity contribution in [2.45, 2.75) is 26.1 Å². The SMILES string of the molecule is CCNCCCS(=O)(=O)NCc1ccc(C(F)(F)F)cc1. The third-order valence-electron chi connectivity index (χ3n) is 2.79. The first kappa shape index (κ1) is 17.9. The Morgan fingerprint density at radius 3 is 2.29 bits per heavy atom. The Hall–Kier alpha value is -1.12. The van der Waals surface area contributed by atoms with E-state index in [1.54, 1.807) is 0 Å². The van der Waals surface area contributed by atoms with Crippen LogP contribution in [-0.4, -0.2) is 27.3 Å². The highest BCUT2D eigenvalue weighted by Gasteiger charge is 2.29. The lowest BCUT2D eigenvalue weighted by Crippen LogP contribution is -2.28. The van der Waals surface area contributed by atoms with Crippen molar-refractivity contribution in [3.63, 3.8) is 0 Å². The zero-order chi connectivity index (χ0) is 15.9. The summed E-state index contributed by atoms with van der Waals surface area (Å²) in [5, 5.41) is 3.02. The number of nitrogens with one attached hydrogen (secondary N) is 2. The summed E-state index contributed by atoms with van der Waals surface area (Å²) >= 11 is 0. The molecule has 0 aliphatic rings. The van der Waals surface area contributed by atoms with Crippen LogP contribution in [0.2, 0.25) is 0 Å². The molecule has 8 heteroatoms. The Morgan fingerprint density at radius 1 is 1.14 bits per heavy atom. The van der Waals surface area contributed by atoms with E-state index in [-0.39, 0.29) is 12.3 Å². The number of sulfonamides is 1. The summed E-state index contributed by atoms with van der Waals surface area (Å²) in [5.74, 6) is -0.0133. The molecule has 1 rings (SSSR count). The molecule has 0 radical (unpaired) electrons. The molecule has 0 spiro atoms. The minimum Gasteiger partial charge on any atom is -0.317 e. The maximum atomic E-state index is 12.4. The summed E-state index contributed by atoms with van der Waals surface area (Å²) in [6, 6.07) is 4.41. The molecule has 21 heavy (non-hydrogen) atoms. The molecular weight excluding hydrogens is 305 g/mol. The number of hydrogen-bond acceptors (Lipinski definition) is 3. The van der Waals surface area contributed by atoms with Gasteiger partial charge in [-0.3, -0.25) is 0 Å². The van der Waals surface area contributed by atoms with Gasteiger partial charge in [0.2, 0.25) is 10.0 Å². The molecular formula is C13H19F3N2O2S. The van der Waals surface area contributed by atoms with Gasteiger partial charge in [0.25, 0.3) is 0 Å². The third-order valence-corrected chi connectivity index (χ3v) is 4.20. The Kier molecular flexibility index (Phi) is 6.63. The van der Waals surface area contributed by atoms with Crippen LogP contribution in [0.3, 0.4) is 0 Å². The molecule has 0 atom stereocenters. The highest BCUT2D eigenvalue weighted by Crippen LogP contribution is 2.29. The first-order valence-corrected chi connectivity index (χ1v) is 8.24. The fourth-order valence-corrected chi connectivity index (χ4v) is 2.70. The molecule has 0 heterocycles. The highest BCUT2D eigenvalue weighted by atomic mass is 32.2. The van der Waals surface area contributed by atoms with Crippen molar-refractivity contribution < 1.29 is 21.6 Å². The Labute approximate surface area is 122 Å². The van der Waals surface area contributed by atoms with E-state index >= 15 is 0 Å². The summed E-state index contributed by atoms with van der Waals surface area (Å²) in [5.41, 5.74) is -0.266. The van der Waals surface area contributed by atoms with E-state index in [0.717, 1.165) is 18.7 Å². The number of alkyl halides is 3. The second-order valence-electron chi connectivity index (χ2n) is 4.54. The van der Waals surface area contributed by atoms with Crippen LogP contribution in [0, 0.1) is 0 Å². The first-order valence-electron chi connectivity index (χ1n) is 6.59. The summed E-state index contributed by atoms with van der Waals surface area (Å²) in [6.07, 6.45) is -3.90. The van der Waals surface area contributed by atoms with Gasteiger partial charge in [-0.05, 0) is 37.2 Å². The quantitative estimate of drug-likeness (QED) is 0.720. The van der Waals surface area contributed by atoms with Crippen LogP contribution in [0.4, 0.5) is 13.2 Å². The maximum absolute atomic E-state index is 12.4. The van der Waals surface area contributed by atoms with Crippen LogP contribution >= 0.6 is 0 Å². The fourth-order valence-electron chi connectivity index (χ4n) is 1.64. The molecule has 0 aliphatic heterocycles. The summed E-state index contributed by atoms with van der Waals surface area (Å²) < 4.78 is 62.9. The fraction of sp³-hybridized carbons (Fsp3) is 0.538. The van der Waals surface area contributed by atoms with Gasteiger partial charge in [-0.2, -0.15) is 13.2 Å². The van der Waals surface area contributed by atoms with Crippen molar-refractivity contribution >= 4 is 10.0 Å². The molecule has 0 fully saturated rings. The lowest BCUT2D eigenvalue weighted by molar-refractivity contribution is -0.137. The van der Waals surface area contributed by atoms with Gasteiger partial charge in [0.05, 0.1) is 11.3 Å². The van der Waals surface area contributed by atoms with Gasteiger partial charge in [0.1, 0.15) is 0 Å². The van der Waals surface area contributed by atoms with Gasteiger partial charge in [-0.25, -0.2) is 13.1 Å². The van der Waals surface area contributed by atoms with E-state index < -0.39 is 21.8 Å². The Morgan fingerprint density at radius 2 is 1.76 bits per heavy atom. The first-order chi connectivity index (χ1) is 9.74. The van der Waals surface area contributed by atoms with Crippen molar-refractivity contribution in [2.24, 2.45) is 0 Å². The topological polar surface area (TPSA) is 58.2 Å². The molecule has 0 saturated heterocycles. The normalized spacial score (nSPS) is 12.6. The highest BCUT2D eigenvalue weighted by molar-refractivity contribution is 7.89. The molecule has 0 saturated carbocycles. The number of halogens is 3. The largest absolute Gasteiger partial charge is 0.416 e. The number of hydrogen-bond donors (Lipinski definition) is 2. The Bertz CT molecular complexity index is 527. The zero-order valence-electron chi connectivity index (χ0n) is 11.7. The molecule has 0 bridgehead atoms. The van der Waals surface area contributed by atoms with Gasteiger partial charge in [0, 0.05) is 6.54 Å². The maximum Gasteiger partial charge on any atom is 0.416 e. The number of benzene rings is 1. The Balaban J connectivity index is 2.47. The number of rotatable bonds is 8. The molecule has 0 aliphatic carbocycles. The van der Waals surface area contributed by atoms with Crippen molar-refractivity contribution in [1.29, 1.82) is 0 Å². The lowest BCUT2D eigenvalue weighted by Gasteiger charge is -2.09. The van der Waals surface area contributed by atoms with Crippen LogP contribution in [0.25, 0.3) is 0 Å². The smallest absolute Gasteiger partial charge is 0.317 e. The molecule has 0 unspecified atom stereocenters. The lowest BCUT2D eigenvalue weighted by atomic mass is 10.1. The predicted octanol–water partition coefficient (Wildman–Crippen LogP) is 2.12. The molecule has 0 amide bonds. The summed E-state index contributed by atoms with van der Waals surface area (Å²) in [7, 11) is -3.41. The molecule has 2 N–H and O–H groups in total. The second kappa shape index (κ2) is 7.77. The second-order valence-corrected chi connectivity index (χ2v) is 6.47. The molecule has 0 aromatic heterocycles. The van der Waals surface area contributed by atoms with E-state index in [9.17, 15) is 21.6 Å². The van der Waals surface area contributed by atoms with Crippen molar-refractivity contribution in [2.75, 3.05) is 18.8 Å². The van der Waals surface area contributed by atoms with E-state index in [0.29, 0.717) is 18.5 Å². The summed E-state index contributed by atoms with van der Waals surface area (Å²) in [4.78, 5) is 0. The van der Waals surface area contributed by atoms with Gasteiger partial charge in [-0.15, -0.1) is 0 Å². The van der Waals surface area contributed by atoms with Gasteiger partial charge < -0.3 is 5.32 Å². The monoisotopic (exact) mass is 324 g/mol. The zero-order valence-corrected chi connectivity index (χ0v) is 12.5. The van der Waals surface area contributed by atoms with Crippen molar-refractivity contribution in [3.05, 3.63) is 35.4 Å². The van der Waals surface area contributed by atoms with Gasteiger partial charge in [0.15, 0.2) is 0 Å². The standard InChI is InChI=1S/C13H19F3N2O2S/c1-2-17-8-3-9-21(19,20)18-10-11-4-6-12(7-5-11)13(14,15)16/h4-7,17-18H,2-3,8-10H2,1H3. The van der Waals surface area contributed by atoms with E-state index in [1.807, 2.05) is 6.92 Å². The van der Waals surface area contributed by atoms with Crippen LogP contribution in [0.5, 0.6) is 0 Å².